The van der Waals surface area contributed by atoms with Gasteiger partial charge in [-0.3, -0.25) is 0 Å². The van der Waals surface area contributed by atoms with Gasteiger partial charge in [0, 0.05) is 18.0 Å². The molecule has 1 aliphatic heterocycles. The molecule has 4 heteroatoms. The highest BCUT2D eigenvalue weighted by Gasteiger charge is 2.34. The molecule has 0 aromatic heterocycles. The molecule has 2 nitrogen and oxygen atoms in total. The van der Waals surface area contributed by atoms with E-state index in [4.69, 9.17) is 22.1 Å². The fourth-order valence-electron chi connectivity index (χ4n) is 1.90. The van der Waals surface area contributed by atoms with Crippen molar-refractivity contribution < 1.29 is 9.13 Å². The van der Waals surface area contributed by atoms with Crippen LogP contribution >= 0.6 is 11.6 Å². The van der Waals surface area contributed by atoms with Crippen LogP contribution in [0.1, 0.15) is 31.9 Å². The Kier molecular flexibility index (Phi) is 2.40. The van der Waals surface area contributed by atoms with Gasteiger partial charge in [-0.25, -0.2) is 4.39 Å². The molecule has 1 unspecified atom stereocenters. The van der Waals surface area contributed by atoms with Gasteiger partial charge in [-0.15, -0.1) is 0 Å². The molecular formula is C11H13ClFNO. The summed E-state index contributed by atoms with van der Waals surface area (Å²) < 4.78 is 19.2. The first-order valence-corrected chi connectivity index (χ1v) is 5.21. The largest absolute Gasteiger partial charge is 0.484 e. The van der Waals surface area contributed by atoms with Crippen LogP contribution in [-0.2, 0) is 0 Å². The predicted molar refractivity (Wildman–Crippen MR) is 57.7 cm³/mol. The highest BCUT2D eigenvalue weighted by Crippen LogP contribution is 2.41. The number of ether oxygens (including phenoxy) is 1. The van der Waals surface area contributed by atoms with E-state index in [2.05, 4.69) is 0 Å². The lowest BCUT2D eigenvalue weighted by Crippen LogP contribution is -2.37. The Hall–Kier alpha value is -0.800. The van der Waals surface area contributed by atoms with E-state index in [0.29, 0.717) is 12.0 Å². The van der Waals surface area contributed by atoms with Gasteiger partial charge < -0.3 is 10.5 Å². The molecular weight excluding hydrogens is 217 g/mol. The zero-order chi connectivity index (χ0) is 11.2. The highest BCUT2D eigenvalue weighted by atomic mass is 35.5. The van der Waals surface area contributed by atoms with Gasteiger partial charge in [0.05, 0.1) is 5.02 Å². The molecule has 0 spiro atoms. The number of rotatable bonds is 0. The lowest BCUT2D eigenvalue weighted by molar-refractivity contribution is 0.0674. The van der Waals surface area contributed by atoms with Crippen molar-refractivity contribution in [2.24, 2.45) is 5.73 Å². The lowest BCUT2D eigenvalue weighted by atomic mass is 9.90. The monoisotopic (exact) mass is 229 g/mol. The van der Waals surface area contributed by atoms with Gasteiger partial charge in [0.1, 0.15) is 5.60 Å². The van der Waals surface area contributed by atoms with Crippen LogP contribution < -0.4 is 10.5 Å². The molecule has 82 valence electrons. The summed E-state index contributed by atoms with van der Waals surface area (Å²) in [4.78, 5) is 0. The molecule has 0 saturated heterocycles. The van der Waals surface area contributed by atoms with E-state index in [1.807, 2.05) is 13.8 Å². The van der Waals surface area contributed by atoms with E-state index in [9.17, 15) is 4.39 Å². The van der Waals surface area contributed by atoms with Crippen molar-refractivity contribution in [1.29, 1.82) is 0 Å². The molecule has 0 fully saturated rings. The number of hydrogen-bond acceptors (Lipinski definition) is 2. The molecule has 1 atom stereocenters. The predicted octanol–water partition coefficient (Wildman–Crippen LogP) is 3.04. The van der Waals surface area contributed by atoms with Crippen molar-refractivity contribution in [3.8, 4) is 5.75 Å². The van der Waals surface area contributed by atoms with Crippen LogP contribution in [0.2, 0.25) is 5.02 Å². The van der Waals surface area contributed by atoms with Crippen LogP contribution in [0.5, 0.6) is 5.75 Å². The van der Waals surface area contributed by atoms with E-state index >= 15 is 0 Å². The fourth-order valence-corrected chi connectivity index (χ4v) is 2.05. The first kappa shape index (κ1) is 10.7. The maximum Gasteiger partial charge on any atom is 0.183 e. The lowest BCUT2D eigenvalue weighted by Gasteiger charge is -2.36. The van der Waals surface area contributed by atoms with Gasteiger partial charge in [-0.05, 0) is 19.9 Å². The van der Waals surface area contributed by atoms with E-state index in [-0.39, 0.29) is 16.8 Å². The number of halogens is 2. The van der Waals surface area contributed by atoms with Crippen LogP contribution in [0.4, 0.5) is 4.39 Å². The Bertz CT molecular complexity index is 406. The second-order valence-corrected chi connectivity index (χ2v) is 4.86. The van der Waals surface area contributed by atoms with Gasteiger partial charge in [-0.2, -0.15) is 0 Å². The summed E-state index contributed by atoms with van der Waals surface area (Å²) in [6.45, 7) is 3.77. The molecule has 1 aromatic rings. The van der Waals surface area contributed by atoms with Gasteiger partial charge in [-0.1, -0.05) is 17.7 Å². The Balaban J connectivity index is 2.56. The summed E-state index contributed by atoms with van der Waals surface area (Å²) in [6.07, 6.45) is 0.668. The van der Waals surface area contributed by atoms with Crippen molar-refractivity contribution >= 4 is 11.6 Å². The Morgan fingerprint density at radius 3 is 2.87 bits per heavy atom. The first-order chi connectivity index (χ1) is 6.91. The third-order valence-corrected chi connectivity index (χ3v) is 2.86. The summed E-state index contributed by atoms with van der Waals surface area (Å²) in [5, 5.41) is 0.0682. The van der Waals surface area contributed by atoms with Crippen molar-refractivity contribution in [2.45, 2.75) is 31.9 Å². The number of fused-ring (bicyclic) bond motifs is 1. The van der Waals surface area contributed by atoms with Gasteiger partial charge in [0.15, 0.2) is 11.6 Å². The Morgan fingerprint density at radius 1 is 1.53 bits per heavy atom. The highest BCUT2D eigenvalue weighted by molar-refractivity contribution is 6.30. The maximum atomic E-state index is 13.7. The minimum atomic E-state index is -0.516. The molecule has 2 N–H and O–H groups in total. The van der Waals surface area contributed by atoms with E-state index in [0.717, 1.165) is 0 Å². The summed E-state index contributed by atoms with van der Waals surface area (Å²) in [7, 11) is 0. The quantitative estimate of drug-likeness (QED) is 0.742. The van der Waals surface area contributed by atoms with Gasteiger partial charge >= 0.3 is 0 Å². The number of hydrogen-bond donors (Lipinski definition) is 1. The van der Waals surface area contributed by atoms with Crippen LogP contribution in [0.25, 0.3) is 0 Å². The van der Waals surface area contributed by atoms with E-state index in [1.54, 1.807) is 6.07 Å². The zero-order valence-corrected chi connectivity index (χ0v) is 9.44. The molecule has 2 rings (SSSR count). The molecule has 0 aliphatic carbocycles. The minimum Gasteiger partial charge on any atom is -0.484 e. The van der Waals surface area contributed by atoms with Crippen molar-refractivity contribution in [2.75, 3.05) is 0 Å². The molecule has 0 radical (unpaired) electrons. The molecule has 0 bridgehead atoms. The second-order valence-electron chi connectivity index (χ2n) is 4.45. The third-order valence-electron chi connectivity index (χ3n) is 2.57. The van der Waals surface area contributed by atoms with Crippen molar-refractivity contribution in [1.82, 2.24) is 0 Å². The smallest absolute Gasteiger partial charge is 0.183 e. The SMILES string of the molecule is CC1(C)CC(N)c2ccc(Cl)c(F)c2O1. The average molecular weight is 230 g/mol. The van der Waals surface area contributed by atoms with Gasteiger partial charge in [0.2, 0.25) is 0 Å². The normalized spacial score (nSPS) is 23.1. The minimum absolute atomic E-state index is 0.0682. The van der Waals surface area contributed by atoms with Crippen LogP contribution in [-0.4, -0.2) is 5.60 Å². The fraction of sp³-hybridized carbons (Fsp3) is 0.455. The zero-order valence-electron chi connectivity index (χ0n) is 8.68. The molecule has 1 aliphatic rings. The van der Waals surface area contributed by atoms with Crippen LogP contribution in [0.15, 0.2) is 12.1 Å². The standard InChI is InChI=1S/C11H13ClFNO/c1-11(2)5-8(14)6-3-4-7(12)9(13)10(6)15-11/h3-4,8H,5,14H2,1-2H3. The topological polar surface area (TPSA) is 35.2 Å². The summed E-state index contributed by atoms with van der Waals surface area (Å²) in [5.41, 5.74) is 6.20. The molecule has 1 aromatic carbocycles. The summed E-state index contributed by atoms with van der Waals surface area (Å²) >= 11 is 5.69. The average Bonchev–Trinajstić information content (AvgIpc) is 2.10. The summed E-state index contributed by atoms with van der Waals surface area (Å²) in [5.74, 6) is -0.316. The van der Waals surface area contributed by atoms with Crippen LogP contribution in [0.3, 0.4) is 0 Å². The molecule has 0 saturated carbocycles. The number of nitrogens with two attached hydrogens (primary N) is 1. The van der Waals surface area contributed by atoms with E-state index < -0.39 is 11.4 Å². The molecule has 0 amide bonds. The van der Waals surface area contributed by atoms with E-state index in [1.165, 1.54) is 6.07 Å². The van der Waals surface area contributed by atoms with Crippen molar-refractivity contribution in [3.05, 3.63) is 28.5 Å². The second kappa shape index (κ2) is 3.35. The Labute approximate surface area is 93.2 Å². The van der Waals surface area contributed by atoms with Crippen molar-refractivity contribution in [3.63, 3.8) is 0 Å². The maximum absolute atomic E-state index is 13.7. The Morgan fingerprint density at radius 2 is 2.20 bits per heavy atom. The van der Waals surface area contributed by atoms with Gasteiger partial charge in [0.25, 0.3) is 0 Å². The molecule has 15 heavy (non-hydrogen) atoms. The first-order valence-electron chi connectivity index (χ1n) is 4.83. The number of benzene rings is 1. The van der Waals surface area contributed by atoms with Crippen LogP contribution in [0, 0.1) is 5.82 Å². The molecule has 1 heterocycles. The summed E-state index contributed by atoms with van der Waals surface area (Å²) in [6, 6.07) is 3.04. The third kappa shape index (κ3) is 1.82.